The zero-order valence-corrected chi connectivity index (χ0v) is 10.2. The van der Waals surface area contributed by atoms with Gasteiger partial charge in [0.2, 0.25) is 0 Å². The molecule has 0 fully saturated rings. The lowest BCUT2D eigenvalue weighted by atomic mass is 10.2. The van der Waals surface area contributed by atoms with Crippen LogP contribution in [-0.2, 0) is 4.79 Å². The van der Waals surface area contributed by atoms with Crippen molar-refractivity contribution in [1.29, 1.82) is 0 Å². The minimum atomic E-state index is -0.562. The predicted molar refractivity (Wildman–Crippen MR) is 61.3 cm³/mol. The van der Waals surface area contributed by atoms with Crippen molar-refractivity contribution in [3.8, 4) is 0 Å². The van der Waals surface area contributed by atoms with Crippen molar-refractivity contribution in [2.45, 2.75) is 6.92 Å². The minimum absolute atomic E-state index is 0.0988. The lowest BCUT2D eigenvalue weighted by molar-refractivity contribution is -0.384. The van der Waals surface area contributed by atoms with Crippen molar-refractivity contribution in [3.63, 3.8) is 0 Å². The van der Waals surface area contributed by atoms with Crippen LogP contribution in [0, 0.1) is 10.1 Å². The highest BCUT2D eigenvalue weighted by Gasteiger charge is 2.15. The van der Waals surface area contributed by atoms with Gasteiger partial charge in [-0.05, 0) is 22.0 Å². The third-order valence-electron chi connectivity index (χ3n) is 2.01. The van der Waals surface area contributed by atoms with Crippen molar-refractivity contribution >= 4 is 38.5 Å². The molecule has 0 aliphatic rings. The van der Waals surface area contributed by atoms with Crippen LogP contribution in [0.2, 0.25) is 0 Å². The Labute approximate surface area is 103 Å². The Morgan fingerprint density at radius 2 is 2.29 bits per heavy atom. The molecule has 0 aliphatic carbocycles. The number of nitro groups is 1. The van der Waals surface area contributed by atoms with Gasteiger partial charge in [0.1, 0.15) is 10.1 Å². The molecule has 0 amide bonds. The summed E-state index contributed by atoms with van der Waals surface area (Å²) < 4.78 is 0.448. The molecule has 7 nitrogen and oxygen atoms in total. The summed E-state index contributed by atoms with van der Waals surface area (Å²) in [5, 5.41) is 15.2. The molecule has 1 aromatic heterocycles. The van der Waals surface area contributed by atoms with Crippen molar-refractivity contribution in [1.82, 2.24) is 9.94 Å². The van der Waals surface area contributed by atoms with Gasteiger partial charge in [-0.15, -0.1) is 5.10 Å². The van der Waals surface area contributed by atoms with Gasteiger partial charge in [-0.25, -0.2) is 4.79 Å². The Bertz CT molecular complexity index is 622. The molecule has 0 spiro atoms. The quantitative estimate of drug-likeness (QED) is 0.622. The van der Waals surface area contributed by atoms with Crippen LogP contribution in [0.15, 0.2) is 22.8 Å². The first-order valence-corrected chi connectivity index (χ1v) is 5.30. The third-order valence-corrected chi connectivity index (χ3v) is 2.60. The molecule has 0 bridgehead atoms. The first kappa shape index (κ1) is 11.5. The zero-order valence-electron chi connectivity index (χ0n) is 8.58. The molecular formula is C9H6BrN3O4. The highest BCUT2D eigenvalue weighted by molar-refractivity contribution is 9.10. The second-order valence-corrected chi connectivity index (χ2v) is 3.96. The number of benzene rings is 1. The van der Waals surface area contributed by atoms with Gasteiger partial charge >= 0.3 is 5.97 Å². The molecule has 0 atom stereocenters. The molecule has 0 radical (unpaired) electrons. The van der Waals surface area contributed by atoms with Gasteiger partial charge in [0.05, 0.1) is 4.92 Å². The number of hydrogen-bond donors (Lipinski definition) is 0. The summed E-state index contributed by atoms with van der Waals surface area (Å²) in [6, 6.07) is 4.17. The summed E-state index contributed by atoms with van der Waals surface area (Å²) in [7, 11) is 0. The molecule has 17 heavy (non-hydrogen) atoms. The van der Waals surface area contributed by atoms with Crippen LogP contribution in [0.25, 0.3) is 10.9 Å². The number of halogens is 1. The molecule has 0 saturated carbocycles. The van der Waals surface area contributed by atoms with Crippen LogP contribution in [0.1, 0.15) is 6.92 Å². The maximum absolute atomic E-state index is 10.9. The highest BCUT2D eigenvalue weighted by atomic mass is 79.9. The van der Waals surface area contributed by atoms with E-state index < -0.39 is 10.9 Å². The number of fused-ring (bicyclic) bond motifs is 1. The van der Waals surface area contributed by atoms with E-state index in [1.54, 1.807) is 0 Å². The second kappa shape index (κ2) is 4.13. The summed E-state index contributed by atoms with van der Waals surface area (Å²) in [5.74, 6) is -0.562. The van der Waals surface area contributed by atoms with Gasteiger partial charge < -0.3 is 4.84 Å². The van der Waals surface area contributed by atoms with Gasteiger partial charge in [0.15, 0.2) is 0 Å². The Hall–Kier alpha value is -1.96. The fourth-order valence-corrected chi connectivity index (χ4v) is 1.82. The number of carbonyl (C=O) groups is 1. The van der Waals surface area contributed by atoms with Gasteiger partial charge in [-0.1, -0.05) is 4.85 Å². The summed E-state index contributed by atoms with van der Waals surface area (Å²) in [6.45, 7) is 1.22. The lowest BCUT2D eigenvalue weighted by Crippen LogP contribution is -2.17. The summed E-state index contributed by atoms with van der Waals surface area (Å²) >= 11 is 3.18. The lowest BCUT2D eigenvalue weighted by Gasteiger charge is -2.00. The van der Waals surface area contributed by atoms with Gasteiger partial charge in [0.25, 0.3) is 5.69 Å². The van der Waals surface area contributed by atoms with E-state index in [2.05, 4.69) is 21.0 Å². The highest BCUT2D eigenvalue weighted by Crippen LogP contribution is 2.26. The van der Waals surface area contributed by atoms with E-state index in [4.69, 9.17) is 4.84 Å². The minimum Gasteiger partial charge on any atom is -0.319 e. The van der Waals surface area contributed by atoms with E-state index in [9.17, 15) is 14.9 Å². The Kier molecular flexibility index (Phi) is 2.80. The molecule has 2 rings (SSSR count). The number of nitrogens with zero attached hydrogens (tertiary/aromatic N) is 3. The van der Waals surface area contributed by atoms with Gasteiger partial charge in [-0.2, -0.15) is 0 Å². The van der Waals surface area contributed by atoms with E-state index in [0.717, 1.165) is 4.85 Å². The molecule has 0 N–H and O–H groups in total. The largest absolute Gasteiger partial charge is 0.331 e. The Morgan fingerprint density at radius 3 is 2.88 bits per heavy atom. The standard InChI is InChI=1S/C9H6BrN3O4/c1-5(14)17-12-8-4-6(13(15)16)2-3-7(8)9(10)11-12/h2-4H,1H3. The van der Waals surface area contributed by atoms with Crippen molar-refractivity contribution in [2.75, 3.05) is 0 Å². The van der Waals surface area contributed by atoms with Crippen LogP contribution in [0.5, 0.6) is 0 Å². The maximum Gasteiger partial charge on any atom is 0.331 e. The number of carbonyl (C=O) groups excluding carboxylic acids is 1. The second-order valence-electron chi connectivity index (χ2n) is 3.21. The fourth-order valence-electron chi connectivity index (χ4n) is 1.35. The predicted octanol–water partition coefficient (Wildman–Crippen LogP) is 1.68. The SMILES string of the molecule is CC(=O)On1nc(Br)c2ccc([N+](=O)[O-])cc21. The van der Waals surface area contributed by atoms with Crippen molar-refractivity contribution in [2.24, 2.45) is 0 Å². The number of aromatic nitrogens is 2. The van der Waals surface area contributed by atoms with Gasteiger partial charge in [0, 0.05) is 24.4 Å². The maximum atomic E-state index is 10.9. The Balaban J connectivity index is 2.64. The number of nitro benzene ring substituents is 1. The van der Waals surface area contributed by atoms with E-state index in [1.807, 2.05) is 0 Å². The molecule has 0 unspecified atom stereocenters. The Morgan fingerprint density at radius 1 is 1.59 bits per heavy atom. The normalized spacial score (nSPS) is 10.5. The molecule has 1 aromatic carbocycles. The van der Waals surface area contributed by atoms with Crippen LogP contribution in [-0.4, -0.2) is 20.8 Å². The van der Waals surface area contributed by atoms with Gasteiger partial charge in [-0.3, -0.25) is 10.1 Å². The monoisotopic (exact) mass is 299 g/mol. The average molecular weight is 300 g/mol. The number of non-ortho nitro benzene ring substituents is 1. The molecule has 1 heterocycles. The van der Waals surface area contributed by atoms with E-state index in [0.29, 0.717) is 15.5 Å². The number of rotatable bonds is 2. The van der Waals surface area contributed by atoms with Crippen LogP contribution < -0.4 is 4.84 Å². The molecule has 0 saturated heterocycles. The first-order chi connectivity index (χ1) is 7.99. The summed E-state index contributed by atoms with van der Waals surface area (Å²) in [4.78, 5) is 26.7. The molecule has 8 heteroatoms. The fraction of sp³-hybridized carbons (Fsp3) is 0.111. The van der Waals surface area contributed by atoms with Crippen LogP contribution >= 0.6 is 15.9 Å². The molecule has 88 valence electrons. The average Bonchev–Trinajstić information content (AvgIpc) is 2.54. The van der Waals surface area contributed by atoms with Crippen LogP contribution in [0.4, 0.5) is 5.69 Å². The first-order valence-electron chi connectivity index (χ1n) is 4.50. The summed E-state index contributed by atoms with van der Waals surface area (Å²) in [5.41, 5.74) is 0.250. The zero-order chi connectivity index (χ0) is 12.6. The molecule has 2 aromatic rings. The van der Waals surface area contributed by atoms with E-state index in [-0.39, 0.29) is 5.69 Å². The molecular weight excluding hydrogens is 294 g/mol. The van der Waals surface area contributed by atoms with E-state index in [1.165, 1.54) is 25.1 Å². The van der Waals surface area contributed by atoms with E-state index >= 15 is 0 Å². The molecule has 0 aliphatic heterocycles. The van der Waals surface area contributed by atoms with Crippen molar-refractivity contribution in [3.05, 3.63) is 32.9 Å². The summed E-state index contributed by atoms with van der Waals surface area (Å²) in [6.07, 6.45) is 0. The number of hydrogen-bond acceptors (Lipinski definition) is 5. The smallest absolute Gasteiger partial charge is 0.319 e. The van der Waals surface area contributed by atoms with Crippen molar-refractivity contribution < 1.29 is 14.6 Å². The topological polar surface area (TPSA) is 87.3 Å². The third kappa shape index (κ3) is 2.11. The van der Waals surface area contributed by atoms with Crippen LogP contribution in [0.3, 0.4) is 0 Å².